The summed E-state index contributed by atoms with van der Waals surface area (Å²) in [5, 5.41) is 9.90. The van der Waals surface area contributed by atoms with Crippen molar-refractivity contribution in [1.82, 2.24) is 0 Å². The first kappa shape index (κ1) is 18.6. The van der Waals surface area contributed by atoms with Gasteiger partial charge in [-0.25, -0.2) is 0 Å². The summed E-state index contributed by atoms with van der Waals surface area (Å²) in [5.41, 5.74) is 2.00. The minimum absolute atomic E-state index is 0.121. The van der Waals surface area contributed by atoms with Crippen molar-refractivity contribution < 1.29 is 14.6 Å². The molecule has 0 atom stereocenters. The molecule has 0 spiro atoms. The molecule has 1 aromatic carbocycles. The van der Waals surface area contributed by atoms with Crippen LogP contribution < -0.4 is 0 Å². The van der Waals surface area contributed by atoms with Gasteiger partial charge in [0, 0.05) is 19.6 Å². The molecule has 3 heteroatoms. The second-order valence-corrected chi connectivity index (χ2v) is 6.28. The molecule has 0 fully saturated rings. The van der Waals surface area contributed by atoms with E-state index in [1.54, 1.807) is 20.8 Å². The molecule has 0 bridgehead atoms. The lowest BCUT2D eigenvalue weighted by atomic mass is 9.96. The summed E-state index contributed by atoms with van der Waals surface area (Å²) in [5.74, 6) is 0.121. The number of ether oxygens (including phenoxy) is 1. The van der Waals surface area contributed by atoms with Crippen molar-refractivity contribution in [3.63, 3.8) is 0 Å². The Balaban J connectivity index is 2.15. The number of carbonyl (C=O) groups is 1. The summed E-state index contributed by atoms with van der Waals surface area (Å²) < 4.78 is 5.54. The average molecular weight is 304 g/mol. The van der Waals surface area contributed by atoms with Crippen LogP contribution in [0.5, 0.6) is 0 Å². The van der Waals surface area contributed by atoms with E-state index in [4.69, 9.17) is 4.74 Å². The van der Waals surface area contributed by atoms with Crippen LogP contribution >= 0.6 is 0 Å². The molecule has 0 saturated heterocycles. The van der Waals surface area contributed by atoms with Crippen LogP contribution in [0.4, 0.5) is 0 Å². The molecular weight excluding hydrogens is 276 g/mol. The zero-order valence-corrected chi connectivity index (χ0v) is 14.0. The van der Waals surface area contributed by atoms with Gasteiger partial charge in [0.15, 0.2) is 5.78 Å². The summed E-state index contributed by atoms with van der Waals surface area (Å²) in [6.07, 6.45) is 3.19. The molecule has 0 aliphatic rings. The van der Waals surface area contributed by atoms with Gasteiger partial charge in [-0.05, 0) is 56.7 Å². The van der Waals surface area contributed by atoms with E-state index in [0.29, 0.717) is 25.2 Å². The second kappa shape index (κ2) is 8.86. The molecule has 1 N–H and O–H groups in total. The van der Waals surface area contributed by atoms with Gasteiger partial charge in [0.2, 0.25) is 0 Å². The zero-order chi connectivity index (χ0) is 16.6. The summed E-state index contributed by atoms with van der Waals surface area (Å²) in [4.78, 5) is 11.3. The van der Waals surface area contributed by atoms with Crippen molar-refractivity contribution in [2.75, 3.05) is 13.2 Å². The van der Waals surface area contributed by atoms with Gasteiger partial charge in [-0.3, -0.25) is 4.79 Å². The maximum Gasteiger partial charge on any atom is 0.158 e. The van der Waals surface area contributed by atoms with Gasteiger partial charge < -0.3 is 9.84 Å². The van der Waals surface area contributed by atoms with Crippen LogP contribution in [0.25, 0.3) is 0 Å². The SMILES string of the molecule is C=C(C)C(=O)CCCOCCCc1ccc(C(C)(C)O)cc1. The van der Waals surface area contributed by atoms with E-state index in [1.165, 1.54) is 5.56 Å². The van der Waals surface area contributed by atoms with Gasteiger partial charge in [0.1, 0.15) is 0 Å². The minimum Gasteiger partial charge on any atom is -0.386 e. The van der Waals surface area contributed by atoms with E-state index in [0.717, 1.165) is 24.8 Å². The van der Waals surface area contributed by atoms with Crippen LogP contribution in [0.3, 0.4) is 0 Å². The lowest BCUT2D eigenvalue weighted by molar-refractivity contribution is -0.115. The van der Waals surface area contributed by atoms with Crippen molar-refractivity contribution in [3.05, 3.63) is 47.5 Å². The Bertz CT molecular complexity index is 480. The Hall–Kier alpha value is -1.45. The van der Waals surface area contributed by atoms with E-state index in [9.17, 15) is 9.90 Å². The van der Waals surface area contributed by atoms with Crippen LogP contribution in [-0.2, 0) is 21.6 Å². The Morgan fingerprint density at radius 2 is 1.77 bits per heavy atom. The van der Waals surface area contributed by atoms with Crippen molar-refractivity contribution in [1.29, 1.82) is 0 Å². The molecule has 1 aromatic rings. The van der Waals surface area contributed by atoms with Crippen molar-refractivity contribution >= 4 is 5.78 Å². The fourth-order valence-corrected chi connectivity index (χ4v) is 2.11. The van der Waals surface area contributed by atoms with E-state index < -0.39 is 5.60 Å². The molecule has 0 radical (unpaired) electrons. The lowest BCUT2D eigenvalue weighted by Crippen LogP contribution is -2.15. The molecule has 1 rings (SSSR count). The Morgan fingerprint density at radius 3 is 2.32 bits per heavy atom. The maximum absolute atomic E-state index is 11.3. The Labute approximate surface area is 134 Å². The largest absolute Gasteiger partial charge is 0.386 e. The normalized spacial score (nSPS) is 11.5. The van der Waals surface area contributed by atoms with Crippen LogP contribution in [-0.4, -0.2) is 24.1 Å². The molecule has 0 aliphatic carbocycles. The van der Waals surface area contributed by atoms with Crippen LogP contribution in [0.2, 0.25) is 0 Å². The monoisotopic (exact) mass is 304 g/mol. The number of allylic oxidation sites excluding steroid dienone is 1. The van der Waals surface area contributed by atoms with Crippen LogP contribution in [0.1, 0.15) is 51.2 Å². The number of ketones is 1. The predicted octanol–water partition coefficient (Wildman–Crippen LogP) is 3.79. The molecule has 0 aromatic heterocycles. The topological polar surface area (TPSA) is 46.5 Å². The number of hydrogen-bond acceptors (Lipinski definition) is 3. The first-order chi connectivity index (χ1) is 10.3. The molecule has 0 saturated carbocycles. The molecule has 0 heterocycles. The highest BCUT2D eigenvalue weighted by atomic mass is 16.5. The zero-order valence-electron chi connectivity index (χ0n) is 14.0. The van der Waals surface area contributed by atoms with Gasteiger partial charge in [0.05, 0.1) is 5.60 Å². The number of aryl methyl sites for hydroxylation is 1. The molecule has 122 valence electrons. The second-order valence-electron chi connectivity index (χ2n) is 6.28. The standard InChI is InChI=1S/C19H28O3/c1-15(2)18(20)8-6-14-22-13-5-7-16-9-11-17(12-10-16)19(3,4)21/h9-12,21H,1,5-8,13-14H2,2-4H3. The number of Topliss-reactive ketones (excluding diaryl/α,β-unsaturated/α-hetero) is 1. The highest BCUT2D eigenvalue weighted by molar-refractivity contribution is 5.93. The quantitative estimate of drug-likeness (QED) is 0.528. The molecule has 22 heavy (non-hydrogen) atoms. The number of aliphatic hydroxyl groups is 1. The summed E-state index contributed by atoms with van der Waals surface area (Å²) in [6, 6.07) is 8.05. The molecule has 3 nitrogen and oxygen atoms in total. The highest BCUT2D eigenvalue weighted by Gasteiger charge is 2.14. The molecule has 0 unspecified atom stereocenters. The average Bonchev–Trinajstić information content (AvgIpc) is 2.45. The maximum atomic E-state index is 11.3. The summed E-state index contributed by atoms with van der Waals surface area (Å²) in [7, 11) is 0. The van der Waals surface area contributed by atoms with Crippen molar-refractivity contribution in [3.8, 4) is 0 Å². The lowest BCUT2D eigenvalue weighted by Gasteiger charge is -2.17. The minimum atomic E-state index is -0.789. The Morgan fingerprint density at radius 1 is 1.18 bits per heavy atom. The third kappa shape index (κ3) is 7.01. The smallest absolute Gasteiger partial charge is 0.158 e. The van der Waals surface area contributed by atoms with Gasteiger partial charge in [-0.1, -0.05) is 30.8 Å². The number of rotatable bonds is 10. The fraction of sp³-hybridized carbons (Fsp3) is 0.526. The van der Waals surface area contributed by atoms with Gasteiger partial charge >= 0.3 is 0 Å². The highest BCUT2D eigenvalue weighted by Crippen LogP contribution is 2.20. The van der Waals surface area contributed by atoms with Crippen LogP contribution in [0, 0.1) is 0 Å². The van der Waals surface area contributed by atoms with E-state index in [-0.39, 0.29) is 5.78 Å². The first-order valence-corrected chi connectivity index (χ1v) is 7.89. The van der Waals surface area contributed by atoms with Crippen molar-refractivity contribution in [2.45, 2.75) is 52.1 Å². The van der Waals surface area contributed by atoms with E-state index in [2.05, 4.69) is 18.7 Å². The van der Waals surface area contributed by atoms with Crippen molar-refractivity contribution in [2.24, 2.45) is 0 Å². The van der Waals surface area contributed by atoms with Gasteiger partial charge in [0.25, 0.3) is 0 Å². The third-order valence-electron chi connectivity index (χ3n) is 3.58. The fourth-order valence-electron chi connectivity index (χ4n) is 2.11. The predicted molar refractivity (Wildman–Crippen MR) is 89.9 cm³/mol. The van der Waals surface area contributed by atoms with Gasteiger partial charge in [-0.15, -0.1) is 0 Å². The number of carbonyl (C=O) groups excluding carboxylic acids is 1. The van der Waals surface area contributed by atoms with Gasteiger partial charge in [-0.2, -0.15) is 0 Å². The third-order valence-corrected chi connectivity index (χ3v) is 3.58. The summed E-state index contributed by atoms with van der Waals surface area (Å²) >= 11 is 0. The Kier molecular flexibility index (Phi) is 7.49. The molecular formula is C19H28O3. The number of benzene rings is 1. The first-order valence-electron chi connectivity index (χ1n) is 7.89. The number of hydrogen-bond donors (Lipinski definition) is 1. The molecule has 0 amide bonds. The van der Waals surface area contributed by atoms with Crippen LogP contribution in [0.15, 0.2) is 36.4 Å². The summed E-state index contributed by atoms with van der Waals surface area (Å²) in [6.45, 7) is 10.3. The van der Waals surface area contributed by atoms with E-state index >= 15 is 0 Å². The van der Waals surface area contributed by atoms with E-state index in [1.807, 2.05) is 12.1 Å². The molecule has 0 aliphatic heterocycles.